The van der Waals surface area contributed by atoms with Crippen molar-refractivity contribution in [2.75, 3.05) is 35.5 Å². The third-order valence-corrected chi connectivity index (χ3v) is 6.55. The fraction of sp³-hybridized carbons (Fsp3) is 0.360. The molecule has 3 aliphatic rings. The SMILES string of the molecule is COC(=O)C1=C(C(=O)OC)CC2=C(C1)C1OC2(c2ccc(OC)cc2)C(C(=O)OC)=C1C(=O)OC. The van der Waals surface area contributed by atoms with Gasteiger partial charge in [-0.2, -0.15) is 0 Å². The van der Waals surface area contributed by atoms with E-state index in [-0.39, 0.29) is 35.1 Å². The number of carbonyl (C=O) groups excluding carboxylic acids is 4. The van der Waals surface area contributed by atoms with E-state index in [0.29, 0.717) is 22.5 Å². The van der Waals surface area contributed by atoms with Crippen LogP contribution in [0, 0.1) is 0 Å². The molecule has 4 rings (SSSR count). The molecule has 0 saturated carbocycles. The van der Waals surface area contributed by atoms with Gasteiger partial charge in [0.15, 0.2) is 0 Å². The van der Waals surface area contributed by atoms with Crippen molar-refractivity contribution in [2.45, 2.75) is 24.5 Å². The summed E-state index contributed by atoms with van der Waals surface area (Å²) in [6, 6.07) is 6.77. The third kappa shape index (κ3) is 3.44. The molecular weight excluding hydrogens is 460 g/mol. The molecule has 2 atom stereocenters. The second kappa shape index (κ2) is 9.03. The summed E-state index contributed by atoms with van der Waals surface area (Å²) < 4.78 is 31.5. The molecule has 184 valence electrons. The molecule has 0 fully saturated rings. The van der Waals surface area contributed by atoms with Crippen LogP contribution in [0.15, 0.2) is 57.7 Å². The molecule has 2 bridgehead atoms. The van der Waals surface area contributed by atoms with Crippen LogP contribution in [0.1, 0.15) is 18.4 Å². The summed E-state index contributed by atoms with van der Waals surface area (Å²) in [6.45, 7) is 0. The van der Waals surface area contributed by atoms with Crippen molar-refractivity contribution >= 4 is 23.9 Å². The van der Waals surface area contributed by atoms with E-state index in [1.165, 1.54) is 35.5 Å². The van der Waals surface area contributed by atoms with E-state index in [0.717, 1.165) is 0 Å². The summed E-state index contributed by atoms with van der Waals surface area (Å²) >= 11 is 0. The van der Waals surface area contributed by atoms with E-state index in [9.17, 15) is 19.2 Å². The van der Waals surface area contributed by atoms with E-state index < -0.39 is 35.6 Å². The lowest BCUT2D eigenvalue weighted by atomic mass is 9.68. The predicted molar refractivity (Wildman–Crippen MR) is 118 cm³/mol. The number of hydrogen-bond acceptors (Lipinski definition) is 10. The summed E-state index contributed by atoms with van der Waals surface area (Å²) in [4.78, 5) is 51.2. The Balaban J connectivity index is 1.98. The van der Waals surface area contributed by atoms with Crippen molar-refractivity contribution in [3.63, 3.8) is 0 Å². The molecule has 1 aromatic rings. The zero-order chi connectivity index (χ0) is 25.5. The molecule has 0 radical (unpaired) electrons. The predicted octanol–water partition coefficient (Wildman–Crippen LogP) is 1.68. The Morgan fingerprint density at radius 3 is 1.83 bits per heavy atom. The first kappa shape index (κ1) is 24.2. The lowest BCUT2D eigenvalue weighted by Crippen LogP contribution is -2.36. The maximum atomic E-state index is 13.1. The second-order valence-electron chi connectivity index (χ2n) is 7.98. The van der Waals surface area contributed by atoms with Gasteiger partial charge in [-0.1, -0.05) is 12.1 Å². The molecule has 35 heavy (non-hydrogen) atoms. The summed E-state index contributed by atoms with van der Waals surface area (Å²) in [5, 5.41) is 0. The van der Waals surface area contributed by atoms with Crippen molar-refractivity contribution in [1.82, 2.24) is 0 Å². The molecule has 2 heterocycles. The topological polar surface area (TPSA) is 124 Å². The Morgan fingerprint density at radius 2 is 1.31 bits per heavy atom. The van der Waals surface area contributed by atoms with Gasteiger partial charge in [-0.15, -0.1) is 0 Å². The highest BCUT2D eigenvalue weighted by atomic mass is 16.6. The van der Waals surface area contributed by atoms with Gasteiger partial charge >= 0.3 is 23.9 Å². The quantitative estimate of drug-likeness (QED) is 0.335. The minimum atomic E-state index is -1.55. The van der Waals surface area contributed by atoms with Crippen LogP contribution in [0.2, 0.25) is 0 Å². The normalized spacial score (nSPS) is 22.6. The smallest absolute Gasteiger partial charge is 0.338 e. The van der Waals surface area contributed by atoms with Gasteiger partial charge < -0.3 is 28.4 Å². The molecule has 2 aliphatic heterocycles. The lowest BCUT2D eigenvalue weighted by Gasteiger charge is -2.34. The second-order valence-corrected chi connectivity index (χ2v) is 7.98. The van der Waals surface area contributed by atoms with Crippen LogP contribution in [0.3, 0.4) is 0 Å². The molecular formula is C25H24O10. The average molecular weight is 484 g/mol. The van der Waals surface area contributed by atoms with E-state index in [2.05, 4.69) is 0 Å². The summed E-state index contributed by atoms with van der Waals surface area (Å²) in [5.74, 6) is -2.39. The Hall–Kier alpha value is -3.92. The zero-order valence-electron chi connectivity index (χ0n) is 19.9. The first-order chi connectivity index (χ1) is 16.8. The molecule has 0 N–H and O–H groups in total. The zero-order valence-corrected chi connectivity index (χ0v) is 19.9. The summed E-state index contributed by atoms with van der Waals surface area (Å²) in [7, 11) is 6.33. The van der Waals surface area contributed by atoms with Crippen LogP contribution < -0.4 is 4.74 Å². The third-order valence-electron chi connectivity index (χ3n) is 6.55. The van der Waals surface area contributed by atoms with Gasteiger partial charge in [0.05, 0.1) is 57.8 Å². The van der Waals surface area contributed by atoms with Crippen LogP contribution in [0.5, 0.6) is 5.75 Å². The van der Waals surface area contributed by atoms with Crippen molar-refractivity contribution in [2.24, 2.45) is 0 Å². The molecule has 0 saturated heterocycles. The fourth-order valence-electron chi connectivity index (χ4n) is 5.01. The largest absolute Gasteiger partial charge is 0.497 e. The Kier molecular flexibility index (Phi) is 6.25. The minimum Gasteiger partial charge on any atom is -0.497 e. The monoisotopic (exact) mass is 484 g/mol. The number of ether oxygens (including phenoxy) is 6. The van der Waals surface area contributed by atoms with E-state index in [1.54, 1.807) is 24.3 Å². The van der Waals surface area contributed by atoms with E-state index in [1.807, 2.05) is 0 Å². The van der Waals surface area contributed by atoms with Gasteiger partial charge in [-0.25, -0.2) is 19.2 Å². The number of fused-ring (bicyclic) bond motifs is 4. The van der Waals surface area contributed by atoms with Crippen molar-refractivity contribution < 1.29 is 47.6 Å². The van der Waals surface area contributed by atoms with Gasteiger partial charge in [0, 0.05) is 12.8 Å². The van der Waals surface area contributed by atoms with Gasteiger partial charge in [0.2, 0.25) is 0 Å². The average Bonchev–Trinajstić information content (AvgIpc) is 3.43. The van der Waals surface area contributed by atoms with Crippen molar-refractivity contribution in [3.8, 4) is 5.75 Å². The standard InChI is InChI=1S/C25H24O10/c1-30-13-8-6-12(7-9-13)25-17-11-15(22(27)32-3)14(21(26)31-2)10-16(17)20(35-25)18(23(28)33-4)19(25)24(29)34-5/h6-9,20H,10-11H2,1-5H3. The minimum absolute atomic E-state index is 0.0142. The number of methoxy groups -OCH3 is 5. The van der Waals surface area contributed by atoms with Gasteiger partial charge in [-0.3, -0.25) is 0 Å². The summed E-state index contributed by atoms with van der Waals surface area (Å²) in [5.41, 5.74) is 0.221. The van der Waals surface area contributed by atoms with Crippen LogP contribution in [0.25, 0.3) is 0 Å². The van der Waals surface area contributed by atoms with Crippen LogP contribution >= 0.6 is 0 Å². The first-order valence-electron chi connectivity index (χ1n) is 10.6. The maximum Gasteiger partial charge on any atom is 0.338 e. The molecule has 0 aromatic heterocycles. The highest BCUT2D eigenvalue weighted by Gasteiger charge is 2.63. The van der Waals surface area contributed by atoms with Crippen molar-refractivity contribution in [1.29, 1.82) is 0 Å². The number of hydrogen-bond donors (Lipinski definition) is 0. The van der Waals surface area contributed by atoms with Gasteiger partial charge in [0.25, 0.3) is 0 Å². The first-order valence-corrected chi connectivity index (χ1v) is 10.6. The molecule has 2 unspecified atom stereocenters. The highest BCUT2D eigenvalue weighted by Crippen LogP contribution is 2.61. The Labute approximate surface area is 201 Å². The Morgan fingerprint density at radius 1 is 0.771 bits per heavy atom. The molecule has 10 heteroatoms. The molecule has 0 amide bonds. The maximum absolute atomic E-state index is 13.1. The van der Waals surface area contributed by atoms with E-state index in [4.69, 9.17) is 28.4 Å². The van der Waals surface area contributed by atoms with Gasteiger partial charge in [0.1, 0.15) is 17.5 Å². The van der Waals surface area contributed by atoms with Crippen molar-refractivity contribution in [3.05, 3.63) is 63.3 Å². The summed E-state index contributed by atoms with van der Waals surface area (Å²) in [6.07, 6.45) is -1.10. The number of carbonyl (C=O) groups is 4. The van der Waals surface area contributed by atoms with Crippen LogP contribution in [0.4, 0.5) is 0 Å². The fourth-order valence-corrected chi connectivity index (χ4v) is 5.01. The van der Waals surface area contributed by atoms with Gasteiger partial charge in [-0.05, 0) is 28.8 Å². The molecule has 10 nitrogen and oxygen atoms in total. The lowest BCUT2D eigenvalue weighted by molar-refractivity contribution is -0.140. The number of benzene rings is 1. The molecule has 0 spiro atoms. The molecule has 1 aliphatic carbocycles. The number of rotatable bonds is 6. The highest BCUT2D eigenvalue weighted by molar-refractivity contribution is 6.07. The van der Waals surface area contributed by atoms with Crippen LogP contribution in [-0.2, 0) is 48.5 Å². The Bertz CT molecular complexity index is 1220. The number of esters is 4. The van der Waals surface area contributed by atoms with E-state index >= 15 is 0 Å². The van der Waals surface area contributed by atoms with Crippen LogP contribution in [-0.4, -0.2) is 65.5 Å². The molecule has 1 aromatic carbocycles.